The number of aliphatic carboxylic acids is 1. The molecule has 0 aromatic rings. The van der Waals surface area contributed by atoms with E-state index in [0.29, 0.717) is 0 Å². The molecule has 0 aliphatic carbocycles. The Morgan fingerprint density at radius 2 is 1.42 bits per heavy atom. The summed E-state index contributed by atoms with van der Waals surface area (Å²) in [6, 6.07) is -4.00. The van der Waals surface area contributed by atoms with Crippen LogP contribution in [0.3, 0.4) is 0 Å². The van der Waals surface area contributed by atoms with Crippen molar-refractivity contribution in [3.05, 3.63) is 0 Å². The molecule has 0 bridgehead atoms. The van der Waals surface area contributed by atoms with Crippen molar-refractivity contribution in [2.75, 3.05) is 19.8 Å². The minimum absolute atomic E-state index is 0.322. The Morgan fingerprint density at radius 1 is 0.917 bits per heavy atom. The summed E-state index contributed by atoms with van der Waals surface area (Å²) in [7, 11) is 0. The van der Waals surface area contributed by atoms with Crippen LogP contribution in [-0.2, 0) is 19.2 Å². The van der Waals surface area contributed by atoms with Gasteiger partial charge in [0.15, 0.2) is 0 Å². The highest BCUT2D eigenvalue weighted by molar-refractivity contribution is 5.93. The molecule has 0 spiro atoms. The number of nitrogens with one attached hydrogen (secondary N) is 3. The van der Waals surface area contributed by atoms with E-state index >= 15 is 0 Å². The lowest BCUT2D eigenvalue weighted by atomic mass is 10.0. The van der Waals surface area contributed by atoms with Gasteiger partial charge in [0.25, 0.3) is 0 Å². The molecule has 3 unspecified atom stereocenters. The standard InChI is InChI=1S/C13H24N4O7/c1-6(2)10(17-9(20)3-14)12(22)15-7(4-18)11(21)16-8(5-19)13(23)24/h6-8,10,18-19H,3-5,14H2,1-2H3,(H,15,22)(H,16,21)(H,17,20)(H,23,24). The second kappa shape index (κ2) is 10.5. The van der Waals surface area contributed by atoms with Crippen LogP contribution in [-0.4, -0.2) is 76.9 Å². The molecule has 0 fully saturated rings. The van der Waals surface area contributed by atoms with Crippen LogP contribution in [0.25, 0.3) is 0 Å². The Bertz CT molecular complexity index is 469. The monoisotopic (exact) mass is 348 g/mol. The lowest BCUT2D eigenvalue weighted by Crippen LogP contribution is -2.58. The molecule has 0 aliphatic rings. The van der Waals surface area contributed by atoms with Crippen LogP contribution >= 0.6 is 0 Å². The predicted molar refractivity (Wildman–Crippen MR) is 81.5 cm³/mol. The van der Waals surface area contributed by atoms with Gasteiger partial charge in [-0.05, 0) is 5.92 Å². The van der Waals surface area contributed by atoms with E-state index in [2.05, 4.69) is 10.6 Å². The molecule has 0 rings (SSSR count). The fourth-order valence-electron chi connectivity index (χ4n) is 1.68. The van der Waals surface area contributed by atoms with Gasteiger partial charge in [0.1, 0.15) is 18.1 Å². The number of amides is 3. The van der Waals surface area contributed by atoms with Gasteiger partial charge >= 0.3 is 5.97 Å². The average molecular weight is 348 g/mol. The Labute approximate surface area is 138 Å². The van der Waals surface area contributed by atoms with Crippen LogP contribution in [0.4, 0.5) is 0 Å². The van der Waals surface area contributed by atoms with E-state index in [0.717, 1.165) is 0 Å². The lowest BCUT2D eigenvalue weighted by molar-refractivity contribution is -0.143. The number of carboxylic acid groups (broad SMARTS) is 1. The average Bonchev–Trinajstić information content (AvgIpc) is 2.53. The molecule has 3 amide bonds. The van der Waals surface area contributed by atoms with E-state index in [1.165, 1.54) is 0 Å². The number of carbonyl (C=O) groups is 4. The zero-order chi connectivity index (χ0) is 18.9. The van der Waals surface area contributed by atoms with Crippen LogP contribution in [0.1, 0.15) is 13.8 Å². The van der Waals surface area contributed by atoms with Crippen molar-refractivity contribution in [3.63, 3.8) is 0 Å². The number of hydrogen-bond acceptors (Lipinski definition) is 7. The summed E-state index contributed by atoms with van der Waals surface area (Å²) < 4.78 is 0. The van der Waals surface area contributed by atoms with Crippen LogP contribution in [0.2, 0.25) is 0 Å². The third-order valence-electron chi connectivity index (χ3n) is 3.06. The van der Waals surface area contributed by atoms with E-state index in [4.69, 9.17) is 15.9 Å². The molecule has 11 nitrogen and oxygen atoms in total. The van der Waals surface area contributed by atoms with E-state index in [9.17, 15) is 24.3 Å². The summed E-state index contributed by atoms with van der Waals surface area (Å²) in [6.45, 7) is 1.33. The zero-order valence-electron chi connectivity index (χ0n) is 13.5. The second-order valence-corrected chi connectivity index (χ2v) is 5.32. The number of hydrogen-bond donors (Lipinski definition) is 7. The van der Waals surface area contributed by atoms with Crippen LogP contribution in [0.5, 0.6) is 0 Å². The number of carbonyl (C=O) groups excluding carboxylic acids is 3. The van der Waals surface area contributed by atoms with Crippen molar-refractivity contribution < 1.29 is 34.5 Å². The highest BCUT2D eigenvalue weighted by atomic mass is 16.4. The molecule has 0 aliphatic heterocycles. The number of rotatable bonds is 10. The predicted octanol–water partition coefficient (Wildman–Crippen LogP) is -3.88. The van der Waals surface area contributed by atoms with Gasteiger partial charge < -0.3 is 37.0 Å². The molecule has 0 saturated heterocycles. The van der Waals surface area contributed by atoms with E-state index < -0.39 is 55.0 Å². The summed E-state index contributed by atoms with van der Waals surface area (Å²) >= 11 is 0. The van der Waals surface area contributed by atoms with E-state index in [-0.39, 0.29) is 12.5 Å². The minimum Gasteiger partial charge on any atom is -0.480 e. The summed E-state index contributed by atoms with van der Waals surface area (Å²) in [5, 5.41) is 33.4. The first kappa shape index (κ1) is 21.8. The summed E-state index contributed by atoms with van der Waals surface area (Å²) in [6.07, 6.45) is 0. The van der Waals surface area contributed by atoms with E-state index in [1.807, 2.05) is 5.32 Å². The molecule has 24 heavy (non-hydrogen) atoms. The van der Waals surface area contributed by atoms with Crippen molar-refractivity contribution in [2.45, 2.75) is 32.0 Å². The first-order chi connectivity index (χ1) is 11.2. The maximum atomic E-state index is 12.2. The summed E-state index contributed by atoms with van der Waals surface area (Å²) in [4.78, 5) is 46.2. The summed E-state index contributed by atoms with van der Waals surface area (Å²) in [5.41, 5.74) is 5.17. The Balaban J connectivity index is 4.94. The first-order valence-corrected chi connectivity index (χ1v) is 7.22. The Kier molecular flexibility index (Phi) is 9.54. The quantitative estimate of drug-likeness (QED) is 0.208. The molecular formula is C13H24N4O7. The van der Waals surface area contributed by atoms with Gasteiger partial charge in [-0.25, -0.2) is 4.79 Å². The van der Waals surface area contributed by atoms with Gasteiger partial charge in [0.05, 0.1) is 19.8 Å². The Morgan fingerprint density at radius 3 is 1.79 bits per heavy atom. The third-order valence-corrected chi connectivity index (χ3v) is 3.06. The SMILES string of the molecule is CC(C)C(NC(=O)CN)C(=O)NC(CO)C(=O)NC(CO)C(=O)O. The van der Waals surface area contributed by atoms with Gasteiger partial charge in [-0.1, -0.05) is 13.8 Å². The van der Waals surface area contributed by atoms with Crippen molar-refractivity contribution in [2.24, 2.45) is 11.7 Å². The van der Waals surface area contributed by atoms with Crippen molar-refractivity contribution in [3.8, 4) is 0 Å². The van der Waals surface area contributed by atoms with Gasteiger partial charge in [-0.15, -0.1) is 0 Å². The number of nitrogens with two attached hydrogens (primary N) is 1. The largest absolute Gasteiger partial charge is 0.480 e. The number of carboxylic acids is 1. The van der Waals surface area contributed by atoms with E-state index in [1.54, 1.807) is 13.8 Å². The smallest absolute Gasteiger partial charge is 0.328 e. The molecule has 0 aromatic heterocycles. The minimum atomic E-state index is -1.57. The second-order valence-electron chi connectivity index (χ2n) is 5.32. The van der Waals surface area contributed by atoms with Crippen molar-refractivity contribution in [1.82, 2.24) is 16.0 Å². The molecule has 0 radical (unpaired) electrons. The summed E-state index contributed by atoms with van der Waals surface area (Å²) in [5.74, 6) is -4.09. The molecule has 11 heteroatoms. The fraction of sp³-hybridized carbons (Fsp3) is 0.692. The Hall–Kier alpha value is -2.24. The topological polar surface area (TPSA) is 191 Å². The van der Waals surface area contributed by atoms with Crippen LogP contribution in [0.15, 0.2) is 0 Å². The maximum Gasteiger partial charge on any atom is 0.328 e. The third kappa shape index (κ3) is 6.89. The van der Waals surface area contributed by atoms with Crippen molar-refractivity contribution in [1.29, 1.82) is 0 Å². The van der Waals surface area contributed by atoms with Gasteiger partial charge in [-0.3, -0.25) is 14.4 Å². The zero-order valence-corrected chi connectivity index (χ0v) is 13.5. The molecule has 0 aromatic carbocycles. The first-order valence-electron chi connectivity index (χ1n) is 7.22. The normalized spacial score (nSPS) is 14.4. The van der Waals surface area contributed by atoms with Crippen molar-refractivity contribution >= 4 is 23.7 Å². The highest BCUT2D eigenvalue weighted by Crippen LogP contribution is 2.02. The molecule has 138 valence electrons. The molecular weight excluding hydrogens is 324 g/mol. The molecule has 0 saturated carbocycles. The molecule has 0 heterocycles. The van der Waals surface area contributed by atoms with Gasteiger partial charge in [0, 0.05) is 0 Å². The van der Waals surface area contributed by atoms with Gasteiger partial charge in [-0.2, -0.15) is 0 Å². The number of aliphatic hydroxyl groups is 2. The maximum absolute atomic E-state index is 12.2. The molecule has 3 atom stereocenters. The lowest BCUT2D eigenvalue weighted by Gasteiger charge is -2.24. The van der Waals surface area contributed by atoms with Crippen LogP contribution in [0, 0.1) is 5.92 Å². The highest BCUT2D eigenvalue weighted by Gasteiger charge is 2.30. The molecule has 8 N–H and O–H groups in total. The van der Waals surface area contributed by atoms with Gasteiger partial charge in [0.2, 0.25) is 17.7 Å². The number of aliphatic hydroxyl groups excluding tert-OH is 2. The fourth-order valence-corrected chi connectivity index (χ4v) is 1.68. The van der Waals surface area contributed by atoms with Crippen LogP contribution < -0.4 is 21.7 Å².